The highest BCUT2D eigenvalue weighted by atomic mass is 32.2. The van der Waals surface area contributed by atoms with E-state index in [9.17, 15) is 9.00 Å². The fraction of sp³-hybridized carbons (Fsp3) is 0.333. The number of rotatable bonds is 5. The van der Waals surface area contributed by atoms with Crippen LogP contribution in [0.5, 0.6) is 0 Å². The van der Waals surface area contributed by atoms with Gasteiger partial charge in [0.1, 0.15) is 0 Å². The molecule has 2 atom stereocenters. The number of amides is 2. The van der Waals surface area contributed by atoms with Crippen LogP contribution in [-0.2, 0) is 10.8 Å². The molecule has 2 rings (SSSR count). The molecule has 1 aromatic carbocycles. The van der Waals surface area contributed by atoms with Crippen LogP contribution in [0.4, 0.5) is 9.93 Å². The van der Waals surface area contributed by atoms with Gasteiger partial charge >= 0.3 is 6.03 Å². The molecule has 0 radical (unpaired) electrons. The van der Waals surface area contributed by atoms with Crippen LogP contribution in [0.25, 0.3) is 10.4 Å². The summed E-state index contributed by atoms with van der Waals surface area (Å²) in [4.78, 5) is 17.3. The molecule has 0 spiro atoms. The molecule has 0 bridgehead atoms. The molecule has 2 aromatic rings. The molecule has 0 saturated carbocycles. The minimum Gasteiger partial charge on any atom is -0.334 e. The number of nitrogens with zero attached hydrogens (tertiary/aromatic N) is 1. The Hall–Kier alpha value is -1.73. The molecule has 2 N–H and O–H groups in total. The summed E-state index contributed by atoms with van der Waals surface area (Å²) in [6, 6.07) is 9.46. The van der Waals surface area contributed by atoms with Gasteiger partial charge in [-0.15, -0.1) is 0 Å². The summed E-state index contributed by atoms with van der Waals surface area (Å²) in [5, 5.41) is 6.04. The van der Waals surface area contributed by atoms with E-state index in [2.05, 4.69) is 15.6 Å². The summed E-state index contributed by atoms with van der Waals surface area (Å²) in [7, 11) is -0.939. The van der Waals surface area contributed by atoms with Crippen molar-refractivity contribution in [2.45, 2.75) is 19.9 Å². The Balaban J connectivity index is 2.02. The molecule has 118 valence electrons. The highest BCUT2D eigenvalue weighted by Crippen LogP contribution is 2.32. The third kappa shape index (κ3) is 4.64. The first-order valence-electron chi connectivity index (χ1n) is 6.86. The topological polar surface area (TPSA) is 71.1 Å². The van der Waals surface area contributed by atoms with Gasteiger partial charge in [0.25, 0.3) is 0 Å². The fourth-order valence-electron chi connectivity index (χ4n) is 2.06. The van der Waals surface area contributed by atoms with Crippen molar-refractivity contribution in [3.8, 4) is 10.4 Å². The zero-order valence-corrected chi connectivity index (χ0v) is 14.4. The van der Waals surface area contributed by atoms with E-state index >= 15 is 0 Å². The number of carbonyl (C=O) groups excluding carboxylic acids is 1. The zero-order valence-electron chi connectivity index (χ0n) is 12.8. The minimum atomic E-state index is -0.939. The number of carbonyl (C=O) groups is 1. The number of benzene rings is 1. The number of hydrogen-bond donors (Lipinski definition) is 2. The van der Waals surface area contributed by atoms with Crippen molar-refractivity contribution < 1.29 is 9.00 Å². The van der Waals surface area contributed by atoms with Crippen LogP contribution in [-0.4, -0.2) is 33.3 Å². The first-order valence-corrected chi connectivity index (χ1v) is 9.40. The first-order chi connectivity index (χ1) is 10.5. The Morgan fingerprint density at radius 1 is 1.36 bits per heavy atom. The van der Waals surface area contributed by atoms with Gasteiger partial charge in [-0.1, -0.05) is 41.7 Å². The van der Waals surface area contributed by atoms with E-state index in [-0.39, 0.29) is 12.1 Å². The zero-order chi connectivity index (χ0) is 16.1. The monoisotopic (exact) mass is 337 g/mol. The quantitative estimate of drug-likeness (QED) is 0.881. The molecular formula is C15H19N3O2S2. The first kappa shape index (κ1) is 16.6. The highest BCUT2D eigenvalue weighted by molar-refractivity contribution is 7.84. The third-order valence-corrected chi connectivity index (χ3v) is 5.01. The van der Waals surface area contributed by atoms with Crippen molar-refractivity contribution in [3.05, 3.63) is 36.0 Å². The summed E-state index contributed by atoms with van der Waals surface area (Å²) in [5.41, 5.74) is 1.97. The number of aromatic nitrogens is 1. The van der Waals surface area contributed by atoms with Gasteiger partial charge in [0, 0.05) is 28.9 Å². The van der Waals surface area contributed by atoms with Gasteiger partial charge in [0.2, 0.25) is 0 Å². The summed E-state index contributed by atoms with van der Waals surface area (Å²) in [6.45, 7) is 3.74. The number of nitrogens with one attached hydrogen (secondary N) is 2. The largest absolute Gasteiger partial charge is 0.334 e. The third-order valence-electron chi connectivity index (χ3n) is 2.92. The molecule has 7 heteroatoms. The Morgan fingerprint density at radius 2 is 2.05 bits per heavy atom. The molecule has 5 nitrogen and oxygen atoms in total. The Morgan fingerprint density at radius 3 is 2.68 bits per heavy atom. The van der Waals surface area contributed by atoms with E-state index in [0.717, 1.165) is 16.1 Å². The van der Waals surface area contributed by atoms with Crippen LogP contribution >= 0.6 is 11.3 Å². The lowest BCUT2D eigenvalue weighted by atomic mass is 10.2. The van der Waals surface area contributed by atoms with E-state index < -0.39 is 10.8 Å². The molecule has 2 amide bonds. The van der Waals surface area contributed by atoms with E-state index in [1.165, 1.54) is 11.3 Å². The maximum Gasteiger partial charge on any atom is 0.321 e. The molecule has 0 aliphatic rings. The lowest BCUT2D eigenvalue weighted by Gasteiger charge is -2.11. The molecule has 0 fully saturated rings. The van der Waals surface area contributed by atoms with Gasteiger partial charge in [0.05, 0.1) is 10.6 Å². The molecule has 0 aliphatic carbocycles. The van der Waals surface area contributed by atoms with Crippen LogP contribution in [0, 0.1) is 6.92 Å². The standard InChI is InChI=1S/C15H19N3O2S2/c1-10(9-22(3)20)16-14(19)18-15-17-11(2)13(21-15)12-7-5-4-6-8-12/h4-8,10H,9H2,1-3H3,(H2,16,17,18,19)/t10-,22-/m0/s1. The van der Waals surface area contributed by atoms with Gasteiger partial charge in [-0.05, 0) is 19.4 Å². The smallest absolute Gasteiger partial charge is 0.321 e. The number of thiazole rings is 1. The summed E-state index contributed by atoms with van der Waals surface area (Å²) in [6.07, 6.45) is 1.62. The van der Waals surface area contributed by atoms with E-state index in [1.807, 2.05) is 44.2 Å². The van der Waals surface area contributed by atoms with Gasteiger partial charge in [-0.2, -0.15) is 0 Å². The molecule has 0 aliphatic heterocycles. The molecule has 1 heterocycles. The van der Waals surface area contributed by atoms with Crippen molar-refractivity contribution in [3.63, 3.8) is 0 Å². The maximum absolute atomic E-state index is 11.9. The maximum atomic E-state index is 11.9. The Labute approximate surface area is 136 Å². The highest BCUT2D eigenvalue weighted by Gasteiger charge is 2.13. The van der Waals surface area contributed by atoms with Crippen molar-refractivity contribution in [2.75, 3.05) is 17.3 Å². The van der Waals surface area contributed by atoms with Crippen LogP contribution in [0.15, 0.2) is 30.3 Å². The summed E-state index contributed by atoms with van der Waals surface area (Å²) >= 11 is 1.44. The SMILES string of the molecule is Cc1nc(NC(=O)N[C@@H](C)C[S@](C)=O)sc1-c1ccccc1. The second-order valence-corrected chi connectivity index (χ2v) is 7.52. The average Bonchev–Trinajstić information content (AvgIpc) is 2.79. The van der Waals surface area contributed by atoms with Crippen molar-refractivity contribution in [1.82, 2.24) is 10.3 Å². The molecule has 1 aromatic heterocycles. The molecular weight excluding hydrogens is 318 g/mol. The lowest BCUT2D eigenvalue weighted by molar-refractivity contribution is 0.250. The van der Waals surface area contributed by atoms with E-state index in [4.69, 9.17) is 0 Å². The van der Waals surface area contributed by atoms with E-state index in [0.29, 0.717) is 10.9 Å². The van der Waals surface area contributed by atoms with Crippen LogP contribution in [0.2, 0.25) is 0 Å². The van der Waals surface area contributed by atoms with Crippen molar-refractivity contribution in [1.29, 1.82) is 0 Å². The average molecular weight is 337 g/mol. The summed E-state index contributed by atoms with van der Waals surface area (Å²) < 4.78 is 11.1. The van der Waals surface area contributed by atoms with Gasteiger partial charge < -0.3 is 5.32 Å². The normalized spacial score (nSPS) is 13.4. The second-order valence-electron chi connectivity index (χ2n) is 5.04. The number of aryl methyl sites for hydroxylation is 1. The minimum absolute atomic E-state index is 0.152. The van der Waals surface area contributed by atoms with Crippen molar-refractivity contribution >= 4 is 33.3 Å². The summed E-state index contributed by atoms with van der Waals surface area (Å²) in [5.74, 6) is 0.430. The van der Waals surface area contributed by atoms with E-state index in [1.54, 1.807) is 6.26 Å². The van der Waals surface area contributed by atoms with Gasteiger partial charge in [-0.25, -0.2) is 9.78 Å². The Kier molecular flexibility index (Phi) is 5.68. The van der Waals surface area contributed by atoms with Crippen LogP contribution < -0.4 is 10.6 Å². The molecule has 0 saturated heterocycles. The van der Waals surface area contributed by atoms with Crippen LogP contribution in [0.1, 0.15) is 12.6 Å². The number of urea groups is 1. The fourth-order valence-corrected chi connectivity index (χ4v) is 3.81. The Bertz CT molecular complexity index is 671. The van der Waals surface area contributed by atoms with Gasteiger partial charge in [0.15, 0.2) is 5.13 Å². The number of anilines is 1. The molecule has 22 heavy (non-hydrogen) atoms. The number of hydrogen-bond acceptors (Lipinski definition) is 4. The molecule has 0 unspecified atom stereocenters. The van der Waals surface area contributed by atoms with Gasteiger partial charge in [-0.3, -0.25) is 9.53 Å². The second kappa shape index (κ2) is 7.51. The van der Waals surface area contributed by atoms with Crippen LogP contribution in [0.3, 0.4) is 0 Å². The lowest BCUT2D eigenvalue weighted by Crippen LogP contribution is -2.39. The predicted octanol–water partition coefficient (Wildman–Crippen LogP) is 3.01. The van der Waals surface area contributed by atoms with Crippen molar-refractivity contribution in [2.24, 2.45) is 0 Å². The predicted molar refractivity (Wildman–Crippen MR) is 92.8 cm³/mol.